The number of amides is 2. The molecule has 0 N–H and O–H groups in total. The van der Waals surface area contributed by atoms with Crippen LogP contribution >= 0.6 is 11.6 Å². The number of rotatable bonds is 3. The van der Waals surface area contributed by atoms with Crippen LogP contribution < -0.4 is 9.96 Å². The van der Waals surface area contributed by atoms with Crippen molar-refractivity contribution in [3.8, 4) is 0 Å². The lowest BCUT2D eigenvalue weighted by Crippen LogP contribution is -2.37. The van der Waals surface area contributed by atoms with E-state index in [9.17, 15) is 14.0 Å². The predicted molar refractivity (Wildman–Crippen MR) is 115 cm³/mol. The van der Waals surface area contributed by atoms with Crippen LogP contribution in [0.4, 0.5) is 15.8 Å². The molecule has 2 heterocycles. The molecule has 5 nitrogen and oxygen atoms in total. The monoisotopic (exact) mass is 436 g/mol. The first-order valence-corrected chi connectivity index (χ1v) is 10.2. The Labute approximate surface area is 183 Å². The number of benzene rings is 3. The Hall–Kier alpha value is -3.22. The zero-order chi connectivity index (χ0) is 21.7. The summed E-state index contributed by atoms with van der Waals surface area (Å²) in [5.41, 5.74) is 2.82. The van der Waals surface area contributed by atoms with Gasteiger partial charge in [-0.3, -0.25) is 14.4 Å². The summed E-state index contributed by atoms with van der Waals surface area (Å²) in [6, 6.07) is 20.5. The molecule has 0 unspecified atom stereocenters. The summed E-state index contributed by atoms with van der Waals surface area (Å²) in [5.74, 6) is -2.42. The Kier molecular flexibility index (Phi) is 4.76. The summed E-state index contributed by atoms with van der Waals surface area (Å²) >= 11 is 5.76. The number of hydroxylamine groups is 1. The van der Waals surface area contributed by atoms with Gasteiger partial charge in [-0.25, -0.2) is 14.4 Å². The second-order valence-electron chi connectivity index (χ2n) is 7.68. The number of anilines is 2. The molecule has 2 aliphatic heterocycles. The van der Waals surface area contributed by atoms with Crippen LogP contribution in [-0.4, -0.2) is 17.9 Å². The van der Waals surface area contributed by atoms with E-state index in [1.54, 1.807) is 5.06 Å². The largest absolute Gasteiger partial charge is 0.273 e. The Morgan fingerprint density at radius 1 is 0.903 bits per heavy atom. The Bertz CT molecular complexity index is 1170. The van der Waals surface area contributed by atoms with E-state index in [0.717, 1.165) is 27.8 Å². The lowest BCUT2D eigenvalue weighted by molar-refractivity contribution is -0.126. The van der Waals surface area contributed by atoms with Gasteiger partial charge in [0.25, 0.3) is 5.91 Å². The van der Waals surface area contributed by atoms with E-state index >= 15 is 0 Å². The normalized spacial score (nSPS) is 22.9. The molecule has 7 heteroatoms. The van der Waals surface area contributed by atoms with Gasteiger partial charge >= 0.3 is 0 Å². The minimum atomic E-state index is -1.00. The minimum Gasteiger partial charge on any atom is -0.273 e. The van der Waals surface area contributed by atoms with Crippen LogP contribution in [0.15, 0.2) is 72.8 Å². The van der Waals surface area contributed by atoms with Gasteiger partial charge in [-0.15, -0.1) is 0 Å². The number of fused-ring (bicyclic) bond motifs is 1. The van der Waals surface area contributed by atoms with Crippen molar-refractivity contribution >= 4 is 34.8 Å². The van der Waals surface area contributed by atoms with E-state index in [0.29, 0.717) is 0 Å². The first-order valence-electron chi connectivity index (χ1n) is 9.86. The van der Waals surface area contributed by atoms with Gasteiger partial charge in [0, 0.05) is 0 Å². The zero-order valence-corrected chi connectivity index (χ0v) is 17.3. The van der Waals surface area contributed by atoms with Crippen LogP contribution in [0.3, 0.4) is 0 Å². The molecule has 2 amide bonds. The molecule has 0 bridgehead atoms. The van der Waals surface area contributed by atoms with Crippen LogP contribution in [-0.2, 0) is 14.4 Å². The molecular formula is C24H18ClFN2O3. The fraction of sp³-hybridized carbons (Fsp3) is 0.167. The maximum Gasteiger partial charge on any atom is 0.266 e. The SMILES string of the molecule is Cc1ccc([C@H]2[C@H]3C(=O)N(c4ccc(Cl)c(F)c4)C(=O)[C@H]3ON2c2ccccc2)cc1. The molecular weight excluding hydrogens is 419 g/mol. The van der Waals surface area contributed by atoms with Crippen molar-refractivity contribution in [2.24, 2.45) is 5.92 Å². The summed E-state index contributed by atoms with van der Waals surface area (Å²) in [7, 11) is 0. The smallest absolute Gasteiger partial charge is 0.266 e. The van der Waals surface area contributed by atoms with E-state index in [-0.39, 0.29) is 10.7 Å². The number of para-hydroxylation sites is 1. The molecule has 2 fully saturated rings. The lowest BCUT2D eigenvalue weighted by Gasteiger charge is -2.28. The Balaban J connectivity index is 1.58. The van der Waals surface area contributed by atoms with Crippen LogP contribution in [0.25, 0.3) is 0 Å². The van der Waals surface area contributed by atoms with Crippen molar-refractivity contribution < 1.29 is 18.8 Å². The van der Waals surface area contributed by atoms with E-state index < -0.39 is 35.7 Å². The molecule has 31 heavy (non-hydrogen) atoms. The molecule has 3 atom stereocenters. The van der Waals surface area contributed by atoms with Gasteiger partial charge in [-0.2, -0.15) is 0 Å². The standard InChI is InChI=1S/C24H18ClFN2O3/c1-14-7-9-15(10-8-14)21-20-22(31-28(21)16-5-3-2-4-6-16)24(30)27(23(20)29)17-11-12-18(25)19(26)13-17/h2-13,20-22H,1H3/t20-,21+,22+/m1/s1. The number of halogens is 2. The number of carbonyl (C=O) groups is 2. The summed E-state index contributed by atoms with van der Waals surface area (Å²) in [6.07, 6.45) is -1.00. The first-order chi connectivity index (χ1) is 15.0. The molecule has 0 spiro atoms. The van der Waals surface area contributed by atoms with Crippen LogP contribution in [0.1, 0.15) is 17.2 Å². The molecule has 0 aliphatic carbocycles. The highest BCUT2D eigenvalue weighted by atomic mass is 35.5. The highest BCUT2D eigenvalue weighted by Crippen LogP contribution is 2.47. The maximum atomic E-state index is 14.0. The van der Waals surface area contributed by atoms with Crippen molar-refractivity contribution in [3.05, 3.63) is 94.8 Å². The first kappa shape index (κ1) is 19.7. The molecule has 0 radical (unpaired) electrons. The quantitative estimate of drug-likeness (QED) is 0.551. The molecule has 2 saturated heterocycles. The molecule has 5 rings (SSSR count). The topological polar surface area (TPSA) is 49.9 Å². The van der Waals surface area contributed by atoms with Gasteiger partial charge in [-0.05, 0) is 42.8 Å². The number of hydrogen-bond acceptors (Lipinski definition) is 4. The summed E-state index contributed by atoms with van der Waals surface area (Å²) in [4.78, 5) is 33.7. The van der Waals surface area contributed by atoms with Crippen molar-refractivity contribution in [1.29, 1.82) is 0 Å². The fourth-order valence-corrected chi connectivity index (χ4v) is 4.31. The number of carbonyl (C=O) groups excluding carboxylic acids is 2. The van der Waals surface area contributed by atoms with Gasteiger partial charge < -0.3 is 0 Å². The third kappa shape index (κ3) is 3.19. The Morgan fingerprint density at radius 3 is 2.29 bits per heavy atom. The molecule has 3 aromatic carbocycles. The van der Waals surface area contributed by atoms with Gasteiger partial charge in [-0.1, -0.05) is 59.6 Å². The van der Waals surface area contributed by atoms with Crippen molar-refractivity contribution in [2.75, 3.05) is 9.96 Å². The van der Waals surface area contributed by atoms with E-state index in [4.69, 9.17) is 16.4 Å². The molecule has 156 valence electrons. The van der Waals surface area contributed by atoms with E-state index in [1.165, 1.54) is 12.1 Å². The van der Waals surface area contributed by atoms with E-state index in [2.05, 4.69) is 0 Å². The number of nitrogens with zero attached hydrogens (tertiary/aromatic N) is 2. The summed E-state index contributed by atoms with van der Waals surface area (Å²) < 4.78 is 14.0. The van der Waals surface area contributed by atoms with Gasteiger partial charge in [0.2, 0.25) is 5.91 Å². The molecule has 0 saturated carbocycles. The highest BCUT2D eigenvalue weighted by Gasteiger charge is 2.60. The molecule has 2 aliphatic rings. The second-order valence-corrected chi connectivity index (χ2v) is 8.09. The lowest BCUT2D eigenvalue weighted by atomic mass is 9.90. The number of hydrogen-bond donors (Lipinski definition) is 0. The van der Waals surface area contributed by atoms with Gasteiger partial charge in [0.15, 0.2) is 6.10 Å². The van der Waals surface area contributed by atoms with Gasteiger partial charge in [0.05, 0.1) is 22.4 Å². The maximum absolute atomic E-state index is 14.0. The average molecular weight is 437 g/mol. The molecule has 0 aromatic heterocycles. The summed E-state index contributed by atoms with van der Waals surface area (Å²) in [6.45, 7) is 1.98. The molecule has 3 aromatic rings. The summed E-state index contributed by atoms with van der Waals surface area (Å²) in [5, 5.41) is 1.56. The van der Waals surface area contributed by atoms with Crippen molar-refractivity contribution in [3.63, 3.8) is 0 Å². The number of imide groups is 1. The van der Waals surface area contributed by atoms with Gasteiger partial charge in [0.1, 0.15) is 11.7 Å². The van der Waals surface area contributed by atoms with Crippen LogP contribution in [0, 0.1) is 18.7 Å². The predicted octanol–water partition coefficient (Wildman–Crippen LogP) is 4.84. The highest BCUT2D eigenvalue weighted by molar-refractivity contribution is 6.31. The minimum absolute atomic E-state index is 0.0768. The number of aryl methyl sites for hydroxylation is 1. The third-order valence-electron chi connectivity index (χ3n) is 5.71. The third-order valence-corrected chi connectivity index (χ3v) is 6.01. The zero-order valence-electron chi connectivity index (χ0n) is 16.5. The second kappa shape index (κ2) is 7.48. The average Bonchev–Trinajstić information content (AvgIpc) is 3.28. The van der Waals surface area contributed by atoms with E-state index in [1.807, 2.05) is 61.5 Å². The van der Waals surface area contributed by atoms with Crippen molar-refractivity contribution in [2.45, 2.75) is 19.1 Å². The fourth-order valence-electron chi connectivity index (χ4n) is 4.19. The van der Waals surface area contributed by atoms with Crippen molar-refractivity contribution in [1.82, 2.24) is 0 Å². The Morgan fingerprint density at radius 2 is 1.61 bits per heavy atom. The van der Waals surface area contributed by atoms with Crippen LogP contribution in [0.5, 0.6) is 0 Å². The van der Waals surface area contributed by atoms with Crippen LogP contribution in [0.2, 0.25) is 5.02 Å².